The Kier molecular flexibility index (Phi) is 8.78. The number of pyridine rings is 1. The number of unbranched alkanes of at least 4 members (excludes halogenated alkanes) is 3. The fourth-order valence-corrected chi connectivity index (χ4v) is 5.39. The largest absolute Gasteiger partial charge is 0.494 e. The van der Waals surface area contributed by atoms with E-state index in [9.17, 15) is 13.2 Å². The second-order valence-electron chi connectivity index (χ2n) is 8.84. The lowest BCUT2D eigenvalue weighted by Crippen LogP contribution is -2.43. The van der Waals surface area contributed by atoms with Gasteiger partial charge in [0.1, 0.15) is 5.75 Å². The number of aromatic nitrogens is 1. The predicted molar refractivity (Wildman–Crippen MR) is 138 cm³/mol. The molecule has 2 heterocycles. The lowest BCUT2D eigenvalue weighted by Gasteiger charge is -2.30. The van der Waals surface area contributed by atoms with Gasteiger partial charge in [-0.15, -0.1) is 11.8 Å². The average Bonchev–Trinajstić information content (AvgIpc) is 2.85. The van der Waals surface area contributed by atoms with Crippen LogP contribution in [0.25, 0.3) is 10.9 Å². The first-order chi connectivity index (χ1) is 16.9. The number of aryl methyl sites for hydroxylation is 1. The first-order valence-corrected chi connectivity index (χ1v) is 13.2. The molecule has 35 heavy (non-hydrogen) atoms. The maximum absolute atomic E-state index is 12.9. The van der Waals surface area contributed by atoms with Gasteiger partial charge in [0.05, 0.1) is 17.7 Å². The number of ether oxygens (including phenoxy) is 1. The molecule has 0 radical (unpaired) electrons. The van der Waals surface area contributed by atoms with Crippen LogP contribution in [0.15, 0.2) is 53.6 Å². The molecule has 0 saturated carbocycles. The zero-order valence-electron chi connectivity index (χ0n) is 20.0. The molecular weight excluding hydrogens is 471 g/mol. The first kappa shape index (κ1) is 25.6. The molecule has 0 spiro atoms. The molecule has 2 aromatic carbocycles. The highest BCUT2D eigenvalue weighted by Gasteiger charge is 2.30. The first-order valence-electron chi connectivity index (χ1n) is 12.2. The molecular formula is C27H32F3N3OS. The maximum atomic E-state index is 12.9. The third kappa shape index (κ3) is 7.04. The van der Waals surface area contributed by atoms with Crippen molar-refractivity contribution in [3.05, 3.63) is 59.8 Å². The van der Waals surface area contributed by atoms with E-state index in [1.54, 1.807) is 18.0 Å². The normalized spacial score (nSPS) is 14.5. The lowest BCUT2D eigenvalue weighted by molar-refractivity contribution is -0.137. The number of nitrogens with one attached hydrogen (secondary N) is 1. The van der Waals surface area contributed by atoms with Crippen LogP contribution < -0.4 is 15.0 Å². The van der Waals surface area contributed by atoms with Gasteiger partial charge in [-0.3, -0.25) is 4.98 Å². The quantitative estimate of drug-likeness (QED) is 0.246. The number of rotatable bonds is 10. The second-order valence-corrected chi connectivity index (χ2v) is 9.97. The van der Waals surface area contributed by atoms with Gasteiger partial charge in [0, 0.05) is 48.3 Å². The standard InChI is InChI=1S/C27H32F3N3OS/c1-20-18-22(7-9-25(20)33-14-12-31-13-15-33)34-16-4-2-3-5-17-35-26-10-11-32-24-19-21(27(28,29)30)6-8-23(24)26/h6-11,18-19,31H,2-5,12-17H2,1H3. The van der Waals surface area contributed by atoms with Crippen molar-refractivity contribution in [2.24, 2.45) is 0 Å². The number of hydrogen-bond donors (Lipinski definition) is 1. The number of piperazine rings is 1. The van der Waals surface area contributed by atoms with Crippen LogP contribution in [0, 0.1) is 6.92 Å². The van der Waals surface area contributed by atoms with Crippen LogP contribution in [-0.4, -0.2) is 43.5 Å². The van der Waals surface area contributed by atoms with Crippen LogP contribution in [0.4, 0.5) is 18.9 Å². The van der Waals surface area contributed by atoms with Gasteiger partial charge >= 0.3 is 6.18 Å². The molecule has 8 heteroatoms. The average molecular weight is 504 g/mol. The molecule has 0 bridgehead atoms. The number of hydrogen-bond acceptors (Lipinski definition) is 5. The van der Waals surface area contributed by atoms with Crippen molar-refractivity contribution in [1.29, 1.82) is 0 Å². The fraction of sp³-hybridized carbons (Fsp3) is 0.444. The van der Waals surface area contributed by atoms with Crippen LogP contribution in [0.1, 0.15) is 36.8 Å². The molecule has 1 aliphatic heterocycles. The van der Waals surface area contributed by atoms with Crippen molar-refractivity contribution in [3.8, 4) is 5.75 Å². The van der Waals surface area contributed by atoms with Gasteiger partial charge < -0.3 is 15.0 Å². The summed E-state index contributed by atoms with van der Waals surface area (Å²) in [5.74, 6) is 1.85. The van der Waals surface area contributed by atoms with Gasteiger partial charge in [0.15, 0.2) is 0 Å². The molecule has 4 rings (SSSR count). The third-order valence-electron chi connectivity index (χ3n) is 6.22. The Bertz CT molecular complexity index is 1120. The molecule has 0 aliphatic carbocycles. The smallest absolute Gasteiger partial charge is 0.416 e. The Balaban J connectivity index is 1.15. The maximum Gasteiger partial charge on any atom is 0.416 e. The van der Waals surface area contributed by atoms with E-state index in [-0.39, 0.29) is 0 Å². The van der Waals surface area contributed by atoms with Gasteiger partial charge in [-0.05, 0) is 67.5 Å². The van der Waals surface area contributed by atoms with E-state index in [0.29, 0.717) is 12.1 Å². The topological polar surface area (TPSA) is 37.4 Å². The zero-order chi connectivity index (χ0) is 24.7. The molecule has 0 amide bonds. The molecule has 1 aromatic heterocycles. The van der Waals surface area contributed by atoms with Crippen LogP contribution >= 0.6 is 11.8 Å². The predicted octanol–water partition coefficient (Wildman–Crippen LogP) is 6.70. The van der Waals surface area contributed by atoms with Crippen LogP contribution in [0.3, 0.4) is 0 Å². The molecule has 0 atom stereocenters. The Morgan fingerprint density at radius 1 is 1.00 bits per heavy atom. The number of thioether (sulfide) groups is 1. The number of nitrogens with zero attached hydrogens (tertiary/aromatic N) is 2. The fourth-order valence-electron chi connectivity index (χ4n) is 4.33. The SMILES string of the molecule is Cc1cc(OCCCCCCSc2ccnc3cc(C(F)(F)F)ccc23)ccc1N1CCNCC1. The van der Waals surface area contributed by atoms with E-state index in [2.05, 4.69) is 40.3 Å². The van der Waals surface area contributed by atoms with Gasteiger partial charge in [0.2, 0.25) is 0 Å². The summed E-state index contributed by atoms with van der Waals surface area (Å²) in [6.45, 7) is 6.97. The minimum Gasteiger partial charge on any atom is -0.494 e. The number of benzene rings is 2. The number of anilines is 1. The molecule has 1 aliphatic rings. The monoisotopic (exact) mass is 503 g/mol. The summed E-state index contributed by atoms with van der Waals surface area (Å²) < 4.78 is 44.8. The number of fused-ring (bicyclic) bond motifs is 1. The highest BCUT2D eigenvalue weighted by atomic mass is 32.2. The molecule has 0 unspecified atom stereocenters. The van der Waals surface area contributed by atoms with Crippen molar-refractivity contribution in [3.63, 3.8) is 0 Å². The Morgan fingerprint density at radius 2 is 1.80 bits per heavy atom. The van der Waals surface area contributed by atoms with Gasteiger partial charge in [-0.1, -0.05) is 18.9 Å². The van der Waals surface area contributed by atoms with E-state index in [0.717, 1.165) is 85.8 Å². The van der Waals surface area contributed by atoms with Gasteiger partial charge in [-0.25, -0.2) is 0 Å². The molecule has 4 nitrogen and oxygen atoms in total. The lowest BCUT2D eigenvalue weighted by atomic mass is 10.1. The number of alkyl halides is 3. The van der Waals surface area contributed by atoms with Crippen LogP contribution in [-0.2, 0) is 6.18 Å². The summed E-state index contributed by atoms with van der Waals surface area (Å²) in [5.41, 5.74) is 2.27. The summed E-state index contributed by atoms with van der Waals surface area (Å²) in [6.07, 6.45) is 1.47. The van der Waals surface area contributed by atoms with Crippen LogP contribution in [0.5, 0.6) is 5.75 Å². The Labute approximate surface area is 209 Å². The van der Waals surface area contributed by atoms with E-state index in [4.69, 9.17) is 4.74 Å². The molecule has 3 aromatic rings. The van der Waals surface area contributed by atoms with Crippen LogP contribution in [0.2, 0.25) is 0 Å². The van der Waals surface area contributed by atoms with E-state index in [1.165, 1.54) is 17.3 Å². The molecule has 1 saturated heterocycles. The van der Waals surface area contributed by atoms with E-state index in [1.807, 2.05) is 6.07 Å². The van der Waals surface area contributed by atoms with E-state index >= 15 is 0 Å². The third-order valence-corrected chi connectivity index (χ3v) is 7.38. The van der Waals surface area contributed by atoms with Crippen molar-refractivity contribution in [1.82, 2.24) is 10.3 Å². The summed E-state index contributed by atoms with van der Waals surface area (Å²) >= 11 is 1.68. The summed E-state index contributed by atoms with van der Waals surface area (Å²) in [5, 5.41) is 4.16. The molecule has 1 fully saturated rings. The highest BCUT2D eigenvalue weighted by Crippen LogP contribution is 2.34. The zero-order valence-corrected chi connectivity index (χ0v) is 20.9. The minimum atomic E-state index is -4.35. The van der Waals surface area contributed by atoms with E-state index < -0.39 is 11.7 Å². The minimum absolute atomic E-state index is 0.387. The number of halogens is 3. The molecule has 188 valence electrons. The van der Waals surface area contributed by atoms with Crippen molar-refractivity contribution in [2.75, 3.05) is 43.4 Å². The Hall–Kier alpha value is -2.45. The Morgan fingerprint density at radius 3 is 2.57 bits per heavy atom. The second kappa shape index (κ2) is 12.0. The van der Waals surface area contributed by atoms with Gasteiger partial charge in [0.25, 0.3) is 0 Å². The molecule has 1 N–H and O–H groups in total. The van der Waals surface area contributed by atoms with Crippen molar-refractivity contribution < 1.29 is 17.9 Å². The highest BCUT2D eigenvalue weighted by molar-refractivity contribution is 7.99. The van der Waals surface area contributed by atoms with Crippen molar-refractivity contribution >= 4 is 28.4 Å². The summed E-state index contributed by atoms with van der Waals surface area (Å²) in [7, 11) is 0. The van der Waals surface area contributed by atoms with Crippen molar-refractivity contribution in [2.45, 2.75) is 43.7 Å². The summed E-state index contributed by atoms with van der Waals surface area (Å²) in [4.78, 5) is 7.52. The summed E-state index contributed by atoms with van der Waals surface area (Å²) in [6, 6.07) is 12.0. The van der Waals surface area contributed by atoms with Gasteiger partial charge in [-0.2, -0.15) is 13.2 Å².